The molecule has 1 fully saturated rings. The number of ether oxygens (including phenoxy) is 1. The van der Waals surface area contributed by atoms with Gasteiger partial charge in [0.15, 0.2) is 0 Å². The highest BCUT2D eigenvalue weighted by molar-refractivity contribution is 5.93. The van der Waals surface area contributed by atoms with Crippen LogP contribution in [0.2, 0.25) is 0 Å². The van der Waals surface area contributed by atoms with Crippen molar-refractivity contribution in [2.75, 3.05) is 46.4 Å². The van der Waals surface area contributed by atoms with Crippen LogP contribution in [0.4, 0.5) is 4.79 Å². The minimum atomic E-state index is -0.289. The van der Waals surface area contributed by atoms with Crippen molar-refractivity contribution in [2.24, 2.45) is 0 Å². The molecule has 1 N–H and O–H groups in total. The van der Waals surface area contributed by atoms with Crippen LogP contribution in [0.3, 0.4) is 0 Å². The summed E-state index contributed by atoms with van der Waals surface area (Å²) < 4.78 is 4.72. The zero-order valence-electron chi connectivity index (χ0n) is 14.6. The molecule has 0 aliphatic carbocycles. The third kappa shape index (κ3) is 4.80. The molecule has 0 unspecified atom stereocenters. The first-order valence-electron chi connectivity index (χ1n) is 8.22. The molecule has 140 valence electrons. The molecule has 0 radical (unpaired) electrons. The van der Waals surface area contributed by atoms with Crippen LogP contribution in [0.15, 0.2) is 30.5 Å². The molecule has 1 aromatic carbocycles. The number of piperazine rings is 1. The molecule has 1 aromatic heterocycles. The molecule has 9 heteroatoms. The number of hydrogen-bond donors (Lipinski definition) is 1. The molecule has 0 saturated carbocycles. The summed E-state index contributed by atoms with van der Waals surface area (Å²) in [5, 5.41) is 2.87. The van der Waals surface area contributed by atoms with E-state index >= 15 is 0 Å². The lowest BCUT2D eigenvalue weighted by atomic mass is 10.3. The Hall–Kier alpha value is -2.45. The summed E-state index contributed by atoms with van der Waals surface area (Å²) in [6.45, 7) is 4.04. The number of halogens is 1. The minimum Gasteiger partial charge on any atom is -0.453 e. The van der Waals surface area contributed by atoms with Crippen molar-refractivity contribution in [2.45, 2.75) is 0 Å². The summed E-state index contributed by atoms with van der Waals surface area (Å²) in [6.07, 6.45) is 1.20. The van der Waals surface area contributed by atoms with E-state index in [0.29, 0.717) is 30.8 Å². The molecule has 0 bridgehead atoms. The monoisotopic (exact) mass is 379 g/mol. The number of methoxy groups -OCH3 is 1. The highest BCUT2D eigenvalue weighted by Crippen LogP contribution is 2.08. The fraction of sp³-hybridized carbons (Fsp3) is 0.412. The van der Waals surface area contributed by atoms with Gasteiger partial charge < -0.3 is 15.0 Å². The topological polar surface area (TPSA) is 87.7 Å². The first-order chi connectivity index (χ1) is 12.2. The van der Waals surface area contributed by atoms with Crippen LogP contribution < -0.4 is 5.32 Å². The molecule has 1 aliphatic rings. The van der Waals surface area contributed by atoms with Gasteiger partial charge in [-0.1, -0.05) is 12.1 Å². The maximum absolute atomic E-state index is 12.2. The average Bonchev–Trinajstić information content (AvgIpc) is 2.67. The summed E-state index contributed by atoms with van der Waals surface area (Å²) in [4.78, 5) is 36.1. The highest BCUT2D eigenvalue weighted by atomic mass is 35.5. The summed E-state index contributed by atoms with van der Waals surface area (Å²) >= 11 is 0. The zero-order valence-corrected chi connectivity index (χ0v) is 15.4. The van der Waals surface area contributed by atoms with E-state index in [-0.39, 0.29) is 24.4 Å². The maximum atomic E-state index is 12.2. The van der Waals surface area contributed by atoms with Crippen LogP contribution in [0.25, 0.3) is 11.0 Å². The number of hydrogen-bond acceptors (Lipinski definition) is 6. The lowest BCUT2D eigenvalue weighted by Crippen LogP contribution is -2.50. The van der Waals surface area contributed by atoms with E-state index in [0.717, 1.165) is 25.2 Å². The first kappa shape index (κ1) is 19.9. The van der Waals surface area contributed by atoms with E-state index in [1.54, 1.807) is 4.90 Å². The third-order valence-corrected chi connectivity index (χ3v) is 4.20. The Bertz CT molecular complexity index is 765. The SMILES string of the molecule is COC(=O)N1CCN(CCNC(=O)c2cnc3ccccc3n2)CC1.Cl. The summed E-state index contributed by atoms with van der Waals surface area (Å²) in [6, 6.07) is 7.45. The Morgan fingerprint density at radius 1 is 1.15 bits per heavy atom. The summed E-state index contributed by atoms with van der Waals surface area (Å²) in [7, 11) is 1.39. The maximum Gasteiger partial charge on any atom is 0.409 e. The molecule has 1 aliphatic heterocycles. The van der Waals surface area contributed by atoms with Gasteiger partial charge in [0.25, 0.3) is 5.91 Å². The van der Waals surface area contributed by atoms with Crippen molar-refractivity contribution in [3.05, 3.63) is 36.2 Å². The Balaban J connectivity index is 0.00000243. The molecule has 2 heterocycles. The third-order valence-electron chi connectivity index (χ3n) is 4.20. The van der Waals surface area contributed by atoms with E-state index < -0.39 is 0 Å². The van der Waals surface area contributed by atoms with E-state index in [4.69, 9.17) is 4.74 Å². The highest BCUT2D eigenvalue weighted by Gasteiger charge is 2.21. The van der Waals surface area contributed by atoms with Crippen molar-refractivity contribution in [1.29, 1.82) is 0 Å². The number of fused-ring (bicyclic) bond motifs is 1. The summed E-state index contributed by atoms with van der Waals surface area (Å²) in [5.74, 6) is -0.230. The molecular formula is C17H22ClN5O3. The molecule has 0 atom stereocenters. The number of para-hydroxylation sites is 2. The van der Waals surface area contributed by atoms with Crippen LogP contribution in [0.1, 0.15) is 10.5 Å². The van der Waals surface area contributed by atoms with Crippen LogP contribution in [0, 0.1) is 0 Å². The van der Waals surface area contributed by atoms with E-state index in [2.05, 4.69) is 20.2 Å². The van der Waals surface area contributed by atoms with Crippen molar-refractivity contribution < 1.29 is 14.3 Å². The fourth-order valence-corrected chi connectivity index (χ4v) is 2.77. The quantitative estimate of drug-likeness (QED) is 0.857. The average molecular weight is 380 g/mol. The molecule has 1 saturated heterocycles. The molecule has 3 rings (SSSR count). The zero-order chi connectivity index (χ0) is 17.6. The number of benzene rings is 1. The lowest BCUT2D eigenvalue weighted by Gasteiger charge is -2.33. The second kappa shape index (κ2) is 9.30. The van der Waals surface area contributed by atoms with Gasteiger partial charge in [-0.15, -0.1) is 12.4 Å². The van der Waals surface area contributed by atoms with Crippen molar-refractivity contribution >= 4 is 35.4 Å². The Kier molecular flexibility index (Phi) is 7.11. The standard InChI is InChI=1S/C17H21N5O3.ClH/c1-25-17(24)22-10-8-21(9-11-22)7-6-18-16(23)15-12-19-13-4-2-3-5-14(13)20-15;/h2-5,12H,6-11H2,1H3,(H,18,23);1H. The Morgan fingerprint density at radius 2 is 1.85 bits per heavy atom. The van der Waals surface area contributed by atoms with Crippen molar-refractivity contribution in [1.82, 2.24) is 25.1 Å². The van der Waals surface area contributed by atoms with Gasteiger partial charge in [0.1, 0.15) is 5.69 Å². The molecule has 8 nitrogen and oxygen atoms in total. The molecule has 26 heavy (non-hydrogen) atoms. The second-order valence-electron chi connectivity index (χ2n) is 5.80. The van der Waals surface area contributed by atoms with Gasteiger partial charge in [-0.05, 0) is 12.1 Å². The van der Waals surface area contributed by atoms with E-state index in [1.165, 1.54) is 13.3 Å². The first-order valence-corrected chi connectivity index (χ1v) is 8.22. The van der Waals surface area contributed by atoms with Gasteiger partial charge in [0, 0.05) is 39.3 Å². The van der Waals surface area contributed by atoms with Gasteiger partial charge >= 0.3 is 6.09 Å². The summed E-state index contributed by atoms with van der Waals surface area (Å²) in [5.41, 5.74) is 1.78. The number of rotatable bonds is 4. The number of carbonyl (C=O) groups excluding carboxylic acids is 2. The molecular weight excluding hydrogens is 358 g/mol. The van der Waals surface area contributed by atoms with Gasteiger partial charge in [-0.25, -0.2) is 9.78 Å². The number of carbonyl (C=O) groups is 2. The van der Waals surface area contributed by atoms with Crippen LogP contribution >= 0.6 is 12.4 Å². The van der Waals surface area contributed by atoms with Gasteiger partial charge in [-0.2, -0.15) is 0 Å². The number of nitrogens with one attached hydrogen (secondary N) is 1. The van der Waals surface area contributed by atoms with Gasteiger partial charge in [-0.3, -0.25) is 14.7 Å². The van der Waals surface area contributed by atoms with Gasteiger partial charge in [0.2, 0.25) is 0 Å². The van der Waals surface area contributed by atoms with Crippen molar-refractivity contribution in [3.8, 4) is 0 Å². The van der Waals surface area contributed by atoms with Crippen LogP contribution in [0.5, 0.6) is 0 Å². The Morgan fingerprint density at radius 3 is 2.54 bits per heavy atom. The fourth-order valence-electron chi connectivity index (χ4n) is 2.77. The smallest absolute Gasteiger partial charge is 0.409 e. The number of nitrogens with zero attached hydrogens (tertiary/aromatic N) is 4. The Labute approximate surface area is 157 Å². The molecule has 2 aromatic rings. The second-order valence-corrected chi connectivity index (χ2v) is 5.80. The predicted octanol–water partition coefficient (Wildman–Crippen LogP) is 1.17. The predicted molar refractivity (Wildman–Crippen MR) is 99.5 cm³/mol. The number of amides is 2. The number of aromatic nitrogens is 2. The van der Waals surface area contributed by atoms with Crippen LogP contribution in [-0.4, -0.2) is 78.1 Å². The normalized spacial score (nSPS) is 14.6. The molecule has 2 amide bonds. The van der Waals surface area contributed by atoms with E-state index in [1.807, 2.05) is 24.3 Å². The van der Waals surface area contributed by atoms with Gasteiger partial charge in [0.05, 0.1) is 24.3 Å². The van der Waals surface area contributed by atoms with Crippen molar-refractivity contribution in [3.63, 3.8) is 0 Å². The molecule has 0 spiro atoms. The minimum absolute atomic E-state index is 0. The van der Waals surface area contributed by atoms with Crippen LogP contribution in [-0.2, 0) is 4.74 Å². The lowest BCUT2D eigenvalue weighted by molar-refractivity contribution is 0.0883. The largest absolute Gasteiger partial charge is 0.453 e. The van der Waals surface area contributed by atoms with E-state index in [9.17, 15) is 9.59 Å².